The monoisotopic (exact) mass is 298 g/mol. The molecule has 0 aromatic heterocycles. The molecule has 1 fully saturated rings. The Morgan fingerprint density at radius 2 is 1.81 bits per heavy atom. The number of piperazine rings is 1. The molecular formula is C16H30N2O3. The molecular weight excluding hydrogens is 268 g/mol. The quantitative estimate of drug-likeness (QED) is 0.815. The number of hydrogen-bond donors (Lipinski definition) is 1. The molecule has 1 aliphatic rings. The van der Waals surface area contributed by atoms with E-state index in [4.69, 9.17) is 4.74 Å². The summed E-state index contributed by atoms with van der Waals surface area (Å²) in [5, 5.41) is 2.98. The lowest BCUT2D eigenvalue weighted by atomic mass is 9.82. The van der Waals surface area contributed by atoms with Gasteiger partial charge in [0.1, 0.15) is 11.6 Å². The standard InChI is InChI=1S/C16H30N2O3/c1-8-16(9-2)14(20)18(15(5,6)10-21-7)12(11(3)4)13(19)17-16/h11-12H,8-10H2,1-7H3,(H,17,19). The van der Waals surface area contributed by atoms with Crippen molar-refractivity contribution in [2.45, 2.75) is 71.5 Å². The minimum absolute atomic E-state index is 0.00727. The maximum atomic E-state index is 13.1. The summed E-state index contributed by atoms with van der Waals surface area (Å²) in [6, 6.07) is -0.450. The molecule has 0 radical (unpaired) electrons. The lowest BCUT2D eigenvalue weighted by Gasteiger charge is -2.52. The van der Waals surface area contributed by atoms with Crippen molar-refractivity contribution >= 4 is 11.8 Å². The van der Waals surface area contributed by atoms with E-state index in [9.17, 15) is 9.59 Å². The van der Waals surface area contributed by atoms with Crippen molar-refractivity contribution in [3.05, 3.63) is 0 Å². The molecule has 0 aromatic rings. The molecule has 0 bridgehead atoms. The van der Waals surface area contributed by atoms with E-state index in [-0.39, 0.29) is 17.7 Å². The fourth-order valence-electron chi connectivity index (χ4n) is 3.24. The summed E-state index contributed by atoms with van der Waals surface area (Å²) in [6.45, 7) is 12.1. The van der Waals surface area contributed by atoms with Crippen LogP contribution in [-0.2, 0) is 14.3 Å². The van der Waals surface area contributed by atoms with Gasteiger partial charge in [-0.2, -0.15) is 0 Å². The molecule has 1 N–H and O–H groups in total. The fraction of sp³-hybridized carbons (Fsp3) is 0.875. The Bertz CT molecular complexity index is 400. The normalized spacial score (nSPS) is 22.7. The highest BCUT2D eigenvalue weighted by Gasteiger charge is 2.53. The second-order valence-electron chi connectivity index (χ2n) is 6.89. The van der Waals surface area contributed by atoms with E-state index >= 15 is 0 Å². The van der Waals surface area contributed by atoms with Gasteiger partial charge in [0.2, 0.25) is 11.8 Å². The highest BCUT2D eigenvalue weighted by Crippen LogP contribution is 2.33. The predicted molar refractivity (Wildman–Crippen MR) is 82.9 cm³/mol. The SMILES string of the molecule is CCC1(CC)NC(=O)C(C(C)C)N(C(C)(C)COC)C1=O. The van der Waals surface area contributed by atoms with Gasteiger partial charge in [0.05, 0.1) is 12.1 Å². The minimum atomic E-state index is -0.784. The number of carbonyl (C=O) groups is 2. The average Bonchev–Trinajstić information content (AvgIpc) is 2.39. The molecule has 1 unspecified atom stereocenters. The van der Waals surface area contributed by atoms with E-state index in [1.807, 2.05) is 41.5 Å². The van der Waals surface area contributed by atoms with Gasteiger partial charge in [0.25, 0.3) is 0 Å². The van der Waals surface area contributed by atoms with Crippen LogP contribution < -0.4 is 5.32 Å². The van der Waals surface area contributed by atoms with E-state index in [2.05, 4.69) is 5.32 Å². The lowest BCUT2D eigenvalue weighted by Crippen LogP contribution is -2.75. The molecule has 1 aliphatic heterocycles. The van der Waals surface area contributed by atoms with Crippen molar-refractivity contribution < 1.29 is 14.3 Å². The van der Waals surface area contributed by atoms with Crippen molar-refractivity contribution in [1.29, 1.82) is 0 Å². The summed E-state index contributed by atoms with van der Waals surface area (Å²) < 4.78 is 5.28. The zero-order chi connectivity index (χ0) is 16.4. The van der Waals surface area contributed by atoms with E-state index in [0.29, 0.717) is 19.4 Å². The molecule has 2 amide bonds. The van der Waals surface area contributed by atoms with Gasteiger partial charge in [-0.25, -0.2) is 0 Å². The van der Waals surface area contributed by atoms with Gasteiger partial charge < -0.3 is 15.0 Å². The van der Waals surface area contributed by atoms with Crippen LogP contribution in [0, 0.1) is 5.92 Å². The number of rotatable bonds is 6. The third-order valence-electron chi connectivity index (χ3n) is 4.53. The molecule has 1 atom stereocenters. The van der Waals surface area contributed by atoms with Gasteiger partial charge in [-0.15, -0.1) is 0 Å². The third kappa shape index (κ3) is 3.07. The highest BCUT2D eigenvalue weighted by atomic mass is 16.5. The van der Waals surface area contributed by atoms with Crippen LogP contribution in [0.5, 0.6) is 0 Å². The van der Waals surface area contributed by atoms with E-state index in [0.717, 1.165) is 0 Å². The van der Waals surface area contributed by atoms with Gasteiger partial charge in [0, 0.05) is 7.11 Å². The first-order chi connectivity index (χ1) is 9.66. The van der Waals surface area contributed by atoms with Gasteiger partial charge in [-0.3, -0.25) is 9.59 Å². The summed E-state index contributed by atoms with van der Waals surface area (Å²) in [5.74, 6) is 0.00196. The molecule has 5 heteroatoms. The molecule has 1 rings (SSSR count). The second-order valence-corrected chi connectivity index (χ2v) is 6.89. The number of ether oxygens (including phenoxy) is 1. The van der Waals surface area contributed by atoms with Crippen LogP contribution in [0.4, 0.5) is 0 Å². The topological polar surface area (TPSA) is 58.6 Å². The summed E-state index contributed by atoms with van der Waals surface area (Å²) in [5.41, 5.74) is -1.30. The molecule has 0 aliphatic carbocycles. The first-order valence-electron chi connectivity index (χ1n) is 7.81. The Kier molecular flexibility index (Phi) is 5.42. The van der Waals surface area contributed by atoms with E-state index in [1.54, 1.807) is 12.0 Å². The molecule has 5 nitrogen and oxygen atoms in total. The molecule has 1 heterocycles. The van der Waals surface area contributed by atoms with Gasteiger partial charge in [-0.05, 0) is 32.6 Å². The summed E-state index contributed by atoms with van der Waals surface area (Å²) in [6.07, 6.45) is 1.19. The van der Waals surface area contributed by atoms with Crippen LogP contribution in [0.3, 0.4) is 0 Å². The Hall–Kier alpha value is -1.10. The number of nitrogens with one attached hydrogen (secondary N) is 1. The zero-order valence-electron chi connectivity index (χ0n) is 14.4. The van der Waals surface area contributed by atoms with Gasteiger partial charge >= 0.3 is 0 Å². The van der Waals surface area contributed by atoms with Crippen LogP contribution in [0.2, 0.25) is 0 Å². The number of hydrogen-bond acceptors (Lipinski definition) is 3. The number of amides is 2. The molecule has 21 heavy (non-hydrogen) atoms. The predicted octanol–water partition coefficient (Wildman–Crippen LogP) is 1.95. The molecule has 0 aromatic carbocycles. The Morgan fingerprint density at radius 3 is 2.19 bits per heavy atom. The zero-order valence-corrected chi connectivity index (χ0v) is 14.4. The van der Waals surface area contributed by atoms with Crippen molar-refractivity contribution in [3.8, 4) is 0 Å². The maximum Gasteiger partial charge on any atom is 0.249 e. The summed E-state index contributed by atoms with van der Waals surface area (Å²) in [7, 11) is 1.62. The molecule has 1 saturated heterocycles. The van der Waals surface area contributed by atoms with Crippen LogP contribution in [0.15, 0.2) is 0 Å². The smallest absolute Gasteiger partial charge is 0.249 e. The number of carbonyl (C=O) groups excluding carboxylic acids is 2. The molecule has 122 valence electrons. The first kappa shape index (κ1) is 18.0. The summed E-state index contributed by atoms with van der Waals surface area (Å²) >= 11 is 0. The van der Waals surface area contributed by atoms with Gasteiger partial charge in [0.15, 0.2) is 0 Å². The van der Waals surface area contributed by atoms with E-state index < -0.39 is 17.1 Å². The van der Waals surface area contributed by atoms with Crippen molar-refractivity contribution in [1.82, 2.24) is 10.2 Å². The van der Waals surface area contributed by atoms with Crippen molar-refractivity contribution in [2.24, 2.45) is 5.92 Å². The Labute approximate surface area is 128 Å². The minimum Gasteiger partial charge on any atom is -0.382 e. The fourth-order valence-corrected chi connectivity index (χ4v) is 3.24. The molecule has 0 spiro atoms. The number of nitrogens with zero attached hydrogens (tertiary/aromatic N) is 1. The van der Waals surface area contributed by atoms with Crippen molar-refractivity contribution in [2.75, 3.05) is 13.7 Å². The summed E-state index contributed by atoms with van der Waals surface area (Å²) in [4.78, 5) is 27.5. The largest absolute Gasteiger partial charge is 0.382 e. The van der Waals surface area contributed by atoms with Crippen LogP contribution in [-0.4, -0.2) is 47.6 Å². The highest BCUT2D eigenvalue weighted by molar-refractivity contribution is 6.00. The Balaban J connectivity index is 3.34. The van der Waals surface area contributed by atoms with Crippen LogP contribution in [0.1, 0.15) is 54.4 Å². The molecule has 0 saturated carbocycles. The lowest BCUT2D eigenvalue weighted by molar-refractivity contribution is -0.167. The average molecular weight is 298 g/mol. The number of methoxy groups -OCH3 is 1. The van der Waals surface area contributed by atoms with E-state index in [1.165, 1.54) is 0 Å². The van der Waals surface area contributed by atoms with Gasteiger partial charge in [-0.1, -0.05) is 27.7 Å². The second kappa shape index (κ2) is 6.34. The Morgan fingerprint density at radius 1 is 1.29 bits per heavy atom. The van der Waals surface area contributed by atoms with Crippen LogP contribution in [0.25, 0.3) is 0 Å². The van der Waals surface area contributed by atoms with Crippen LogP contribution >= 0.6 is 0 Å². The first-order valence-corrected chi connectivity index (χ1v) is 7.81. The van der Waals surface area contributed by atoms with Crippen molar-refractivity contribution in [3.63, 3.8) is 0 Å². The third-order valence-corrected chi connectivity index (χ3v) is 4.53. The maximum absolute atomic E-state index is 13.1.